The van der Waals surface area contributed by atoms with Crippen molar-refractivity contribution in [3.05, 3.63) is 54.1 Å². The van der Waals surface area contributed by atoms with Crippen LogP contribution in [0, 0.1) is 0 Å². The van der Waals surface area contributed by atoms with Gasteiger partial charge in [0, 0.05) is 10.9 Å². The quantitative estimate of drug-likeness (QED) is 0.678. The number of benzene rings is 2. The second-order valence-electron chi connectivity index (χ2n) is 7.59. The number of rotatable bonds is 5. The van der Waals surface area contributed by atoms with E-state index in [1.54, 1.807) is 29.2 Å². The molecule has 2 aliphatic rings. The summed E-state index contributed by atoms with van der Waals surface area (Å²) in [5.41, 5.74) is -0.709. The van der Waals surface area contributed by atoms with Gasteiger partial charge < -0.3 is 15.0 Å². The van der Waals surface area contributed by atoms with Crippen molar-refractivity contribution in [2.75, 3.05) is 35.4 Å². The van der Waals surface area contributed by atoms with E-state index in [4.69, 9.17) is 4.74 Å². The highest BCUT2D eigenvalue weighted by Gasteiger charge is 2.44. The van der Waals surface area contributed by atoms with Crippen LogP contribution in [0.1, 0.15) is 5.56 Å². The fraction of sp³-hybridized carbons (Fsp3) is 0.333. The van der Waals surface area contributed by atoms with Crippen LogP contribution in [0.4, 0.5) is 24.5 Å². The number of carbonyl (C=O) groups excluding carboxylic acids is 1. The average molecular weight is 500 g/mol. The van der Waals surface area contributed by atoms with Crippen LogP contribution in [-0.4, -0.2) is 55.9 Å². The number of carbonyl (C=O) groups is 1. The van der Waals surface area contributed by atoms with Crippen LogP contribution in [0.15, 0.2) is 53.5 Å². The predicted molar refractivity (Wildman–Crippen MR) is 122 cm³/mol. The Hall–Kier alpha value is -2.73. The average Bonchev–Trinajstić information content (AvgIpc) is 3.25. The zero-order valence-electron chi connectivity index (χ0n) is 17.4. The zero-order valence-corrected chi connectivity index (χ0v) is 19.0. The summed E-state index contributed by atoms with van der Waals surface area (Å²) in [6, 6.07) is 11.1. The van der Waals surface area contributed by atoms with Gasteiger partial charge in [-0.05, 0) is 36.4 Å². The molecule has 4 rings (SSSR count). The fourth-order valence-corrected chi connectivity index (χ4v) is 7.46. The first-order valence-electron chi connectivity index (χ1n) is 9.88. The molecule has 1 N–H and O–H groups in total. The molecule has 33 heavy (non-hydrogen) atoms. The summed E-state index contributed by atoms with van der Waals surface area (Å²) in [7, 11) is -1.65. The number of anilines is 2. The van der Waals surface area contributed by atoms with Gasteiger partial charge in [-0.1, -0.05) is 23.9 Å². The van der Waals surface area contributed by atoms with Crippen LogP contribution >= 0.6 is 11.8 Å². The van der Waals surface area contributed by atoms with Crippen LogP contribution in [0.25, 0.3) is 0 Å². The number of methoxy groups -OCH3 is 1. The highest BCUT2D eigenvalue weighted by atomic mass is 32.2. The molecule has 0 aliphatic carbocycles. The number of hydrogen-bond donors (Lipinski definition) is 1. The maximum atomic E-state index is 13.3. The summed E-state index contributed by atoms with van der Waals surface area (Å²) in [6.45, 7) is -0.309. The van der Waals surface area contributed by atoms with Gasteiger partial charge in [0.15, 0.2) is 15.0 Å². The summed E-state index contributed by atoms with van der Waals surface area (Å²) in [4.78, 5) is 18.9. The lowest BCUT2D eigenvalue weighted by Gasteiger charge is -2.24. The molecule has 2 heterocycles. The van der Waals surface area contributed by atoms with E-state index in [0.29, 0.717) is 16.6 Å². The van der Waals surface area contributed by atoms with Gasteiger partial charge >= 0.3 is 6.18 Å². The molecule has 0 bridgehead atoms. The van der Waals surface area contributed by atoms with Gasteiger partial charge in [0.25, 0.3) is 0 Å². The SMILES string of the molecule is COc1ccc(N(CC(=O)Nc2ccccc2C(F)(F)F)C2=N[C@@H]3CS(=O)(=O)C[C@H]3S2)cc1. The van der Waals surface area contributed by atoms with Crippen LogP contribution in [0.2, 0.25) is 0 Å². The van der Waals surface area contributed by atoms with Crippen molar-refractivity contribution in [3.63, 3.8) is 0 Å². The zero-order chi connectivity index (χ0) is 23.8. The highest BCUT2D eigenvalue weighted by molar-refractivity contribution is 8.15. The molecule has 7 nitrogen and oxygen atoms in total. The van der Waals surface area contributed by atoms with E-state index in [1.807, 2.05) is 0 Å². The summed E-state index contributed by atoms with van der Waals surface area (Å²) in [6.07, 6.45) is -4.62. The van der Waals surface area contributed by atoms with Crippen LogP contribution in [0.3, 0.4) is 0 Å². The Kier molecular flexibility index (Phi) is 6.32. The van der Waals surface area contributed by atoms with Gasteiger partial charge in [-0.25, -0.2) is 8.42 Å². The molecule has 2 aromatic rings. The first-order valence-corrected chi connectivity index (χ1v) is 12.6. The van der Waals surface area contributed by atoms with Gasteiger partial charge in [-0.15, -0.1) is 0 Å². The number of thioether (sulfide) groups is 1. The number of halogens is 3. The minimum absolute atomic E-state index is 0.00304. The van der Waals surface area contributed by atoms with Crippen LogP contribution in [0.5, 0.6) is 5.75 Å². The lowest BCUT2D eigenvalue weighted by atomic mass is 10.1. The number of ether oxygens (including phenoxy) is 1. The Bertz CT molecular complexity index is 1180. The molecule has 0 unspecified atom stereocenters. The Morgan fingerprint density at radius 2 is 1.88 bits per heavy atom. The third-order valence-electron chi connectivity index (χ3n) is 5.23. The maximum Gasteiger partial charge on any atom is 0.418 e. The Morgan fingerprint density at radius 1 is 1.18 bits per heavy atom. The molecule has 1 fully saturated rings. The fourth-order valence-electron chi connectivity index (χ4n) is 3.68. The van der Waals surface area contributed by atoms with Gasteiger partial charge in [0.05, 0.1) is 35.9 Å². The molecule has 2 atom stereocenters. The molecular formula is C21H20F3N3O4S2. The van der Waals surface area contributed by atoms with Crippen molar-refractivity contribution in [1.29, 1.82) is 0 Å². The third kappa shape index (κ3) is 5.27. The van der Waals surface area contributed by atoms with Crippen molar-refractivity contribution in [2.24, 2.45) is 4.99 Å². The molecule has 176 valence electrons. The van der Waals surface area contributed by atoms with Crippen LogP contribution in [-0.2, 0) is 20.8 Å². The number of amides is 1. The second kappa shape index (κ2) is 8.90. The van der Waals surface area contributed by atoms with Crippen molar-refractivity contribution in [1.82, 2.24) is 0 Å². The molecule has 1 saturated heterocycles. The smallest absolute Gasteiger partial charge is 0.418 e. The minimum Gasteiger partial charge on any atom is -0.497 e. The van der Waals surface area contributed by atoms with E-state index in [9.17, 15) is 26.4 Å². The van der Waals surface area contributed by atoms with E-state index in [0.717, 1.165) is 6.07 Å². The van der Waals surface area contributed by atoms with Crippen molar-refractivity contribution in [2.45, 2.75) is 17.5 Å². The topological polar surface area (TPSA) is 88.1 Å². The first kappa shape index (κ1) is 23.4. The molecule has 2 aromatic carbocycles. The number of nitrogens with zero attached hydrogens (tertiary/aromatic N) is 2. The third-order valence-corrected chi connectivity index (χ3v) is 8.48. The van der Waals surface area contributed by atoms with Gasteiger partial charge in [-0.3, -0.25) is 9.79 Å². The standard InChI is InChI=1S/C21H20F3N3O4S2/c1-31-14-8-6-13(7-9-14)27(20-26-17-11-33(29,30)12-18(17)32-20)10-19(28)25-16-5-3-2-4-15(16)21(22,23)24/h2-9,17-18H,10-12H2,1H3,(H,25,28)/t17-,18-/m1/s1. The van der Waals surface area contributed by atoms with E-state index in [1.165, 1.54) is 37.1 Å². The number of alkyl halides is 3. The number of hydrogen-bond acceptors (Lipinski definition) is 7. The Morgan fingerprint density at radius 3 is 2.52 bits per heavy atom. The predicted octanol–water partition coefficient (Wildman–Crippen LogP) is 3.43. The Balaban J connectivity index is 1.59. The number of amidine groups is 1. The lowest BCUT2D eigenvalue weighted by molar-refractivity contribution is -0.137. The van der Waals surface area contributed by atoms with Gasteiger partial charge in [-0.2, -0.15) is 13.2 Å². The number of nitrogens with one attached hydrogen (secondary N) is 1. The first-order chi connectivity index (χ1) is 15.6. The van der Waals surface area contributed by atoms with Crippen molar-refractivity contribution in [3.8, 4) is 5.75 Å². The minimum atomic E-state index is -4.62. The van der Waals surface area contributed by atoms with Crippen molar-refractivity contribution >= 4 is 44.0 Å². The number of aliphatic imine (C=N–C) groups is 1. The summed E-state index contributed by atoms with van der Waals surface area (Å²) in [5.74, 6) is -0.145. The summed E-state index contributed by atoms with van der Waals surface area (Å²) < 4.78 is 68.8. The molecule has 1 amide bonds. The molecule has 2 aliphatic heterocycles. The van der Waals surface area contributed by atoms with Crippen LogP contribution < -0.4 is 15.0 Å². The molecular weight excluding hydrogens is 479 g/mol. The highest BCUT2D eigenvalue weighted by Crippen LogP contribution is 2.37. The number of fused-ring (bicyclic) bond motifs is 1. The molecule has 12 heteroatoms. The Labute approximate surface area is 192 Å². The van der Waals surface area contributed by atoms with E-state index in [2.05, 4.69) is 10.3 Å². The van der Waals surface area contributed by atoms with E-state index in [-0.39, 0.29) is 29.0 Å². The van der Waals surface area contributed by atoms with Crippen molar-refractivity contribution < 1.29 is 31.1 Å². The second-order valence-corrected chi connectivity index (χ2v) is 10.9. The number of sulfone groups is 1. The normalized spacial score (nSPS) is 21.3. The lowest BCUT2D eigenvalue weighted by Crippen LogP contribution is -2.37. The monoisotopic (exact) mass is 499 g/mol. The largest absolute Gasteiger partial charge is 0.497 e. The molecule has 0 radical (unpaired) electrons. The maximum absolute atomic E-state index is 13.3. The summed E-state index contributed by atoms with van der Waals surface area (Å²) >= 11 is 1.26. The molecule has 0 aromatic heterocycles. The van der Waals surface area contributed by atoms with Gasteiger partial charge in [0.1, 0.15) is 12.3 Å². The van der Waals surface area contributed by atoms with Gasteiger partial charge in [0.2, 0.25) is 5.91 Å². The van der Waals surface area contributed by atoms with E-state index < -0.39 is 33.5 Å². The summed E-state index contributed by atoms with van der Waals surface area (Å²) in [5, 5.41) is 2.54. The molecule has 0 saturated carbocycles. The number of para-hydroxylation sites is 1. The van der Waals surface area contributed by atoms with E-state index >= 15 is 0 Å². The molecule has 0 spiro atoms.